The van der Waals surface area contributed by atoms with Crippen LogP contribution >= 0.6 is 11.8 Å². The van der Waals surface area contributed by atoms with Crippen molar-refractivity contribution in [1.29, 1.82) is 0 Å². The quantitative estimate of drug-likeness (QED) is 0.622. The number of halogens is 1. The van der Waals surface area contributed by atoms with Gasteiger partial charge in [-0.05, 0) is 41.5 Å². The Hall–Kier alpha value is -2.60. The lowest BCUT2D eigenvalue weighted by molar-refractivity contribution is -0.119. The third-order valence-electron chi connectivity index (χ3n) is 4.15. The molecule has 2 amide bonds. The highest BCUT2D eigenvalue weighted by Crippen LogP contribution is 2.39. The smallest absolute Gasteiger partial charge is 0.272 e. The average Bonchev–Trinajstić information content (AvgIpc) is 2.91. The van der Waals surface area contributed by atoms with E-state index in [1.54, 1.807) is 30.3 Å². The van der Waals surface area contributed by atoms with Crippen LogP contribution in [0.2, 0.25) is 0 Å². The fourth-order valence-electron chi connectivity index (χ4n) is 2.88. The van der Waals surface area contributed by atoms with E-state index in [1.807, 2.05) is 6.92 Å². The Morgan fingerprint density at radius 2 is 1.71 bits per heavy atom. The molecule has 1 aliphatic rings. The summed E-state index contributed by atoms with van der Waals surface area (Å²) in [5.74, 6) is 0.116. The van der Waals surface area contributed by atoms with Crippen LogP contribution in [-0.2, 0) is 9.59 Å². The molecule has 2 aromatic rings. The van der Waals surface area contributed by atoms with E-state index in [-0.39, 0.29) is 5.69 Å². The van der Waals surface area contributed by atoms with Gasteiger partial charge in [-0.25, -0.2) is 9.29 Å². The lowest BCUT2D eigenvalue weighted by Gasteiger charge is -2.15. The minimum atomic E-state index is -0.608. The topological polar surface area (TPSA) is 46.6 Å². The fourth-order valence-corrected chi connectivity index (χ4v) is 3.73. The Kier molecular flexibility index (Phi) is 6.19. The number of carbonyl (C=O) groups excluding carboxylic acids is 2. The summed E-state index contributed by atoms with van der Waals surface area (Å²) < 4.78 is 19.9. The summed E-state index contributed by atoms with van der Waals surface area (Å²) in [5, 5.41) is 0. The number of rotatable bonds is 7. The van der Waals surface area contributed by atoms with Crippen molar-refractivity contribution in [3.63, 3.8) is 0 Å². The molecule has 146 valence electrons. The van der Waals surface area contributed by atoms with E-state index in [4.69, 9.17) is 4.74 Å². The van der Waals surface area contributed by atoms with Crippen LogP contribution in [0.1, 0.15) is 26.3 Å². The van der Waals surface area contributed by atoms with Gasteiger partial charge in [-0.2, -0.15) is 0 Å². The van der Waals surface area contributed by atoms with Gasteiger partial charge in [0.25, 0.3) is 11.8 Å². The third kappa shape index (κ3) is 3.97. The van der Waals surface area contributed by atoms with Crippen molar-refractivity contribution in [2.24, 2.45) is 5.92 Å². The minimum Gasteiger partial charge on any atom is -0.493 e. The van der Waals surface area contributed by atoms with E-state index >= 15 is 0 Å². The zero-order valence-electron chi connectivity index (χ0n) is 16.1. The van der Waals surface area contributed by atoms with Gasteiger partial charge in [-0.15, -0.1) is 11.8 Å². The SMILES string of the molecule is CCSC1=C(c2ccc(OCC(C)C)cc2)C(=O)N(c2ccccc2F)C1=O. The molecular formula is C22H22FNO3S. The molecule has 0 unspecified atom stereocenters. The molecule has 0 aromatic heterocycles. The molecule has 0 aliphatic carbocycles. The zero-order chi connectivity index (χ0) is 20.3. The summed E-state index contributed by atoms with van der Waals surface area (Å²) >= 11 is 1.29. The van der Waals surface area contributed by atoms with Crippen LogP contribution in [0.4, 0.5) is 10.1 Å². The van der Waals surface area contributed by atoms with Gasteiger partial charge in [0.05, 0.1) is 22.8 Å². The van der Waals surface area contributed by atoms with Gasteiger partial charge in [0, 0.05) is 0 Å². The molecule has 0 saturated heterocycles. The standard InChI is InChI=1S/C22H22FNO3S/c1-4-28-20-19(15-9-11-16(12-10-15)27-13-14(2)3)21(25)24(22(20)26)18-8-6-5-7-17(18)23/h5-12,14H,4,13H2,1-3H3. The predicted octanol–water partition coefficient (Wildman–Crippen LogP) is 4.90. The number of imide groups is 1. The highest BCUT2D eigenvalue weighted by molar-refractivity contribution is 8.04. The van der Waals surface area contributed by atoms with Gasteiger partial charge in [0.1, 0.15) is 11.6 Å². The third-order valence-corrected chi connectivity index (χ3v) is 5.11. The molecule has 6 heteroatoms. The van der Waals surface area contributed by atoms with Gasteiger partial charge in [0.15, 0.2) is 0 Å². The highest BCUT2D eigenvalue weighted by atomic mass is 32.2. The molecule has 28 heavy (non-hydrogen) atoms. The number of para-hydroxylation sites is 1. The summed E-state index contributed by atoms with van der Waals surface area (Å²) in [4.78, 5) is 27.3. The molecule has 0 saturated carbocycles. The van der Waals surface area contributed by atoms with Crippen LogP contribution in [0.5, 0.6) is 5.75 Å². The molecule has 3 rings (SSSR count). The molecular weight excluding hydrogens is 377 g/mol. The van der Waals surface area contributed by atoms with Crippen LogP contribution in [0, 0.1) is 11.7 Å². The second-order valence-electron chi connectivity index (χ2n) is 6.76. The predicted molar refractivity (Wildman–Crippen MR) is 111 cm³/mol. The van der Waals surface area contributed by atoms with E-state index in [9.17, 15) is 14.0 Å². The molecule has 0 bridgehead atoms. The number of amides is 2. The number of benzene rings is 2. The molecule has 0 spiro atoms. The van der Waals surface area contributed by atoms with Gasteiger partial charge < -0.3 is 4.74 Å². The number of ether oxygens (including phenoxy) is 1. The first-order valence-electron chi connectivity index (χ1n) is 9.17. The number of anilines is 1. The van der Waals surface area contributed by atoms with Crippen molar-refractivity contribution in [3.05, 3.63) is 64.8 Å². The van der Waals surface area contributed by atoms with E-state index in [0.717, 1.165) is 4.90 Å². The Labute approximate surface area is 168 Å². The lowest BCUT2D eigenvalue weighted by Crippen LogP contribution is -2.32. The average molecular weight is 399 g/mol. The fraction of sp³-hybridized carbons (Fsp3) is 0.273. The van der Waals surface area contributed by atoms with Gasteiger partial charge >= 0.3 is 0 Å². The Morgan fingerprint density at radius 1 is 1.04 bits per heavy atom. The molecule has 0 N–H and O–H groups in total. The van der Waals surface area contributed by atoms with Crippen LogP contribution in [-0.4, -0.2) is 24.2 Å². The van der Waals surface area contributed by atoms with E-state index in [0.29, 0.717) is 40.1 Å². The summed E-state index contributed by atoms with van der Waals surface area (Å²) in [5.41, 5.74) is 0.888. The van der Waals surface area contributed by atoms with E-state index in [2.05, 4.69) is 13.8 Å². The molecule has 0 fully saturated rings. The van der Waals surface area contributed by atoms with Crippen LogP contribution < -0.4 is 9.64 Å². The molecule has 0 atom stereocenters. The second kappa shape index (κ2) is 8.61. The van der Waals surface area contributed by atoms with Crippen LogP contribution in [0.15, 0.2) is 53.4 Å². The lowest BCUT2D eigenvalue weighted by atomic mass is 10.1. The zero-order valence-corrected chi connectivity index (χ0v) is 16.9. The number of hydrogen-bond acceptors (Lipinski definition) is 4. The Bertz CT molecular complexity index is 922. The van der Waals surface area contributed by atoms with E-state index < -0.39 is 17.6 Å². The van der Waals surface area contributed by atoms with Crippen molar-refractivity contribution < 1.29 is 18.7 Å². The first-order chi connectivity index (χ1) is 13.4. The summed E-state index contributed by atoms with van der Waals surface area (Å²) in [7, 11) is 0. The number of nitrogens with zero attached hydrogens (tertiary/aromatic N) is 1. The number of thioether (sulfide) groups is 1. The number of carbonyl (C=O) groups is 2. The van der Waals surface area contributed by atoms with Gasteiger partial charge in [-0.3, -0.25) is 9.59 Å². The molecule has 0 radical (unpaired) electrons. The summed E-state index contributed by atoms with van der Waals surface area (Å²) in [6.45, 7) is 6.63. The minimum absolute atomic E-state index is 0.0291. The normalized spacial score (nSPS) is 14.4. The summed E-state index contributed by atoms with van der Waals surface area (Å²) in [6.07, 6.45) is 0. The Balaban J connectivity index is 1.96. The second-order valence-corrected chi connectivity index (χ2v) is 8.04. The Morgan fingerprint density at radius 3 is 2.32 bits per heavy atom. The van der Waals surface area contributed by atoms with Crippen LogP contribution in [0.3, 0.4) is 0 Å². The van der Waals surface area contributed by atoms with Gasteiger partial charge in [-0.1, -0.05) is 45.0 Å². The van der Waals surface area contributed by atoms with Gasteiger partial charge in [0.2, 0.25) is 0 Å². The van der Waals surface area contributed by atoms with Crippen molar-refractivity contribution in [1.82, 2.24) is 0 Å². The highest BCUT2D eigenvalue weighted by Gasteiger charge is 2.40. The molecule has 1 aliphatic heterocycles. The molecule has 2 aromatic carbocycles. The largest absolute Gasteiger partial charge is 0.493 e. The van der Waals surface area contributed by atoms with Crippen LogP contribution in [0.25, 0.3) is 5.57 Å². The maximum atomic E-state index is 14.2. The van der Waals surface area contributed by atoms with E-state index in [1.165, 1.54) is 30.0 Å². The number of hydrogen-bond donors (Lipinski definition) is 0. The van der Waals surface area contributed by atoms with Crippen molar-refractivity contribution in [3.8, 4) is 5.75 Å². The maximum Gasteiger partial charge on any atom is 0.272 e. The molecule has 1 heterocycles. The van der Waals surface area contributed by atoms with Crippen molar-refractivity contribution >= 4 is 34.8 Å². The monoisotopic (exact) mass is 399 g/mol. The molecule has 4 nitrogen and oxygen atoms in total. The van der Waals surface area contributed by atoms with Crippen molar-refractivity contribution in [2.45, 2.75) is 20.8 Å². The van der Waals surface area contributed by atoms with Crippen molar-refractivity contribution in [2.75, 3.05) is 17.3 Å². The first-order valence-corrected chi connectivity index (χ1v) is 10.2. The first kappa shape index (κ1) is 20.1. The maximum absolute atomic E-state index is 14.2. The summed E-state index contributed by atoms with van der Waals surface area (Å²) in [6, 6.07) is 12.9.